The van der Waals surface area contributed by atoms with Gasteiger partial charge in [-0.05, 0) is 30.7 Å². The Bertz CT molecular complexity index is 830. The zero-order valence-electron chi connectivity index (χ0n) is 12.8. The lowest BCUT2D eigenvalue weighted by atomic mass is 10.2. The topological polar surface area (TPSA) is 76.1 Å². The lowest BCUT2D eigenvalue weighted by Crippen LogP contribution is -2.10. The first-order chi connectivity index (χ1) is 11.2. The quantitative estimate of drug-likeness (QED) is 0.762. The zero-order chi connectivity index (χ0) is 16.2. The summed E-state index contributed by atoms with van der Waals surface area (Å²) in [5.74, 6) is 0.830. The average Bonchev–Trinajstić information content (AvgIpc) is 2.95. The number of aromatic nitrogens is 2. The van der Waals surface area contributed by atoms with E-state index in [0.717, 1.165) is 21.6 Å². The minimum absolute atomic E-state index is 0.480. The second kappa shape index (κ2) is 6.62. The van der Waals surface area contributed by atoms with Crippen LogP contribution in [0.15, 0.2) is 36.7 Å². The molecule has 118 valence electrons. The molecule has 0 saturated carbocycles. The summed E-state index contributed by atoms with van der Waals surface area (Å²) in [4.78, 5) is 21.9. The Balaban J connectivity index is 1.69. The third-order valence-corrected chi connectivity index (χ3v) is 4.26. The van der Waals surface area contributed by atoms with Crippen molar-refractivity contribution in [1.82, 2.24) is 9.97 Å². The van der Waals surface area contributed by atoms with Gasteiger partial charge < -0.3 is 10.1 Å². The number of anilines is 2. The Morgan fingerprint density at radius 2 is 2.04 bits per heavy atom. The van der Waals surface area contributed by atoms with E-state index in [4.69, 9.17) is 0 Å². The van der Waals surface area contributed by atoms with E-state index >= 15 is 0 Å². The molecule has 0 aliphatic rings. The van der Waals surface area contributed by atoms with E-state index in [1.54, 1.807) is 17.7 Å². The molecule has 2 aromatic heterocycles. The van der Waals surface area contributed by atoms with E-state index in [-0.39, 0.29) is 0 Å². The van der Waals surface area contributed by atoms with Crippen molar-refractivity contribution in [3.05, 3.63) is 47.1 Å². The van der Waals surface area contributed by atoms with Gasteiger partial charge in [-0.2, -0.15) is 0 Å². The van der Waals surface area contributed by atoms with Gasteiger partial charge >= 0.3 is 6.09 Å². The van der Waals surface area contributed by atoms with E-state index in [0.29, 0.717) is 12.2 Å². The van der Waals surface area contributed by atoms with Gasteiger partial charge in [0, 0.05) is 17.1 Å². The Kier molecular flexibility index (Phi) is 4.38. The van der Waals surface area contributed by atoms with Gasteiger partial charge in [0.15, 0.2) is 0 Å². The molecule has 3 aromatic rings. The summed E-state index contributed by atoms with van der Waals surface area (Å²) in [6.07, 6.45) is 1.09. The molecule has 0 saturated heterocycles. The predicted octanol–water partition coefficient (Wildman–Crippen LogP) is 3.79. The Morgan fingerprint density at radius 3 is 2.78 bits per heavy atom. The highest BCUT2D eigenvalue weighted by Gasteiger charge is 2.06. The molecule has 1 aromatic carbocycles. The van der Waals surface area contributed by atoms with Crippen molar-refractivity contribution in [3.63, 3.8) is 0 Å². The van der Waals surface area contributed by atoms with E-state index in [1.807, 2.05) is 24.3 Å². The highest BCUT2D eigenvalue weighted by molar-refractivity contribution is 7.18. The summed E-state index contributed by atoms with van der Waals surface area (Å²) in [5, 5.41) is 6.99. The van der Waals surface area contributed by atoms with Crippen molar-refractivity contribution < 1.29 is 9.53 Å². The van der Waals surface area contributed by atoms with Crippen LogP contribution in [-0.2, 0) is 11.3 Å². The molecule has 0 bridgehead atoms. The number of amides is 1. The summed E-state index contributed by atoms with van der Waals surface area (Å²) < 4.78 is 4.56. The molecule has 0 radical (unpaired) electrons. The molecule has 0 fully saturated rings. The van der Waals surface area contributed by atoms with Crippen molar-refractivity contribution in [2.75, 3.05) is 17.7 Å². The first kappa shape index (κ1) is 15.2. The molecule has 2 heterocycles. The van der Waals surface area contributed by atoms with Crippen molar-refractivity contribution in [3.8, 4) is 0 Å². The van der Waals surface area contributed by atoms with E-state index in [1.165, 1.54) is 12.0 Å². The van der Waals surface area contributed by atoms with Crippen LogP contribution >= 0.6 is 11.3 Å². The molecule has 0 aliphatic carbocycles. The fourth-order valence-corrected chi connectivity index (χ4v) is 3.02. The van der Waals surface area contributed by atoms with Gasteiger partial charge in [-0.1, -0.05) is 12.1 Å². The minimum Gasteiger partial charge on any atom is -0.453 e. The van der Waals surface area contributed by atoms with Crippen molar-refractivity contribution in [2.24, 2.45) is 0 Å². The monoisotopic (exact) mass is 328 g/mol. The standard InChI is InChI=1S/C16H16N4O2S/c1-10-7-13-14(18-9-19-15(13)23-10)17-8-11-3-5-12(6-4-11)20-16(21)22-2/h3-7,9H,8H2,1-2H3,(H,20,21)(H,17,18,19). The third kappa shape index (κ3) is 3.57. The fraction of sp³-hybridized carbons (Fsp3) is 0.188. The number of fused-ring (bicyclic) bond motifs is 1. The van der Waals surface area contributed by atoms with Crippen LogP contribution in [0.25, 0.3) is 10.2 Å². The minimum atomic E-state index is -0.480. The largest absolute Gasteiger partial charge is 0.453 e. The lowest BCUT2D eigenvalue weighted by molar-refractivity contribution is 0.187. The van der Waals surface area contributed by atoms with Crippen LogP contribution in [0, 0.1) is 6.92 Å². The lowest BCUT2D eigenvalue weighted by Gasteiger charge is -2.08. The SMILES string of the molecule is COC(=O)Nc1ccc(CNc2ncnc3sc(C)cc23)cc1. The van der Waals surface area contributed by atoms with Crippen LogP contribution in [0.5, 0.6) is 0 Å². The maximum atomic E-state index is 11.1. The molecule has 7 heteroatoms. The summed E-state index contributed by atoms with van der Waals surface area (Å²) in [7, 11) is 1.34. The van der Waals surface area contributed by atoms with Crippen LogP contribution in [0.4, 0.5) is 16.3 Å². The predicted molar refractivity (Wildman–Crippen MR) is 91.9 cm³/mol. The number of hydrogen-bond acceptors (Lipinski definition) is 6. The number of rotatable bonds is 4. The Labute approximate surface area is 137 Å². The van der Waals surface area contributed by atoms with E-state index in [9.17, 15) is 4.79 Å². The highest BCUT2D eigenvalue weighted by atomic mass is 32.1. The molecular weight excluding hydrogens is 312 g/mol. The maximum absolute atomic E-state index is 11.1. The van der Waals surface area contributed by atoms with Crippen molar-refractivity contribution in [1.29, 1.82) is 0 Å². The maximum Gasteiger partial charge on any atom is 0.411 e. The molecule has 0 atom stereocenters. The molecule has 2 N–H and O–H groups in total. The van der Waals surface area contributed by atoms with Crippen molar-refractivity contribution >= 4 is 39.2 Å². The summed E-state index contributed by atoms with van der Waals surface area (Å²) in [6.45, 7) is 2.70. The molecule has 23 heavy (non-hydrogen) atoms. The third-order valence-electron chi connectivity index (χ3n) is 3.30. The molecule has 6 nitrogen and oxygen atoms in total. The Morgan fingerprint density at radius 1 is 1.26 bits per heavy atom. The molecule has 0 spiro atoms. The molecule has 0 unspecified atom stereocenters. The number of nitrogens with one attached hydrogen (secondary N) is 2. The van der Waals surface area contributed by atoms with Gasteiger partial charge in [-0.15, -0.1) is 11.3 Å². The summed E-state index contributed by atoms with van der Waals surface area (Å²) >= 11 is 1.65. The number of carbonyl (C=O) groups excluding carboxylic acids is 1. The average molecular weight is 328 g/mol. The van der Waals surface area contributed by atoms with Gasteiger partial charge in [-0.25, -0.2) is 14.8 Å². The smallest absolute Gasteiger partial charge is 0.411 e. The first-order valence-corrected chi connectivity index (χ1v) is 7.86. The number of hydrogen-bond donors (Lipinski definition) is 2. The summed E-state index contributed by atoms with van der Waals surface area (Å²) in [5.41, 5.74) is 1.78. The normalized spacial score (nSPS) is 10.5. The number of ether oxygens (including phenoxy) is 1. The van der Waals surface area contributed by atoms with E-state index in [2.05, 4.69) is 38.3 Å². The van der Waals surface area contributed by atoms with Gasteiger partial charge in [-0.3, -0.25) is 5.32 Å². The number of methoxy groups -OCH3 is 1. The van der Waals surface area contributed by atoms with Gasteiger partial charge in [0.25, 0.3) is 0 Å². The Hall–Kier alpha value is -2.67. The molecular formula is C16H16N4O2S. The van der Waals surface area contributed by atoms with Gasteiger partial charge in [0.1, 0.15) is 17.0 Å². The number of thiophene rings is 1. The molecule has 1 amide bonds. The van der Waals surface area contributed by atoms with Crippen LogP contribution < -0.4 is 10.6 Å². The number of carbonyl (C=O) groups is 1. The molecule has 0 aliphatic heterocycles. The van der Waals surface area contributed by atoms with Crippen LogP contribution in [0.1, 0.15) is 10.4 Å². The van der Waals surface area contributed by atoms with Crippen molar-refractivity contribution in [2.45, 2.75) is 13.5 Å². The number of benzene rings is 1. The van der Waals surface area contributed by atoms with Gasteiger partial charge in [0.2, 0.25) is 0 Å². The fourth-order valence-electron chi connectivity index (χ4n) is 2.18. The molecule has 3 rings (SSSR count). The highest BCUT2D eigenvalue weighted by Crippen LogP contribution is 2.27. The van der Waals surface area contributed by atoms with E-state index < -0.39 is 6.09 Å². The zero-order valence-corrected chi connectivity index (χ0v) is 13.6. The number of aryl methyl sites for hydroxylation is 1. The first-order valence-electron chi connectivity index (χ1n) is 7.04. The summed E-state index contributed by atoms with van der Waals surface area (Å²) in [6, 6.07) is 9.63. The van der Waals surface area contributed by atoms with Crippen LogP contribution in [0.2, 0.25) is 0 Å². The second-order valence-corrected chi connectivity index (χ2v) is 6.20. The second-order valence-electron chi connectivity index (χ2n) is 4.97. The van der Waals surface area contributed by atoms with Crippen LogP contribution in [-0.4, -0.2) is 23.2 Å². The van der Waals surface area contributed by atoms with Crippen LogP contribution in [0.3, 0.4) is 0 Å². The van der Waals surface area contributed by atoms with Gasteiger partial charge in [0.05, 0.1) is 12.5 Å². The number of nitrogens with zero attached hydrogens (tertiary/aromatic N) is 2.